The quantitative estimate of drug-likeness (QED) is 0.474. The Hall–Kier alpha value is -1.45. The molecule has 0 aliphatic heterocycles. The van der Waals surface area contributed by atoms with E-state index in [0.717, 1.165) is 6.21 Å². The summed E-state index contributed by atoms with van der Waals surface area (Å²) in [5.41, 5.74) is -1.05. The van der Waals surface area contributed by atoms with E-state index in [0.29, 0.717) is 10.6 Å². The molecule has 0 radical (unpaired) electrons. The van der Waals surface area contributed by atoms with Crippen molar-refractivity contribution in [2.75, 3.05) is 0 Å². The van der Waals surface area contributed by atoms with Gasteiger partial charge in [0, 0.05) is 6.42 Å². The molecule has 0 saturated carbocycles. The zero-order valence-corrected chi connectivity index (χ0v) is 12.2. The number of oxime groups is 1. The predicted molar refractivity (Wildman–Crippen MR) is 73.8 cm³/mol. The van der Waals surface area contributed by atoms with E-state index in [2.05, 4.69) is 5.16 Å². The topological polar surface area (TPSA) is 56.4 Å². The van der Waals surface area contributed by atoms with E-state index < -0.39 is 24.4 Å². The van der Waals surface area contributed by atoms with Crippen LogP contribution in [0.2, 0.25) is 10.0 Å². The number of benzene rings is 1. The zero-order valence-electron chi connectivity index (χ0n) is 10.7. The van der Waals surface area contributed by atoms with Crippen LogP contribution in [-0.2, 0) is 6.42 Å². The fourth-order valence-electron chi connectivity index (χ4n) is 1.81. The molecule has 114 valence electrons. The number of hydrogen-bond acceptors (Lipinski definition) is 3. The van der Waals surface area contributed by atoms with Crippen LogP contribution in [0.15, 0.2) is 23.4 Å². The highest BCUT2D eigenvalue weighted by atomic mass is 35.5. The van der Waals surface area contributed by atoms with Gasteiger partial charge in [-0.05, 0) is 30.5 Å². The fraction of sp³-hybridized carbons (Fsp3) is 0.385. The Balaban J connectivity index is 3.02. The number of alkyl halides is 3. The summed E-state index contributed by atoms with van der Waals surface area (Å²) >= 11 is 11.6. The van der Waals surface area contributed by atoms with Crippen LogP contribution in [0.1, 0.15) is 18.4 Å². The maximum absolute atomic E-state index is 12.4. The third-order valence-corrected chi connectivity index (χ3v) is 3.62. The summed E-state index contributed by atoms with van der Waals surface area (Å²) in [6.45, 7) is 0. The molecule has 3 nitrogen and oxygen atoms in total. The van der Waals surface area contributed by atoms with Gasteiger partial charge in [-0.2, -0.15) is 18.4 Å². The molecule has 1 N–H and O–H groups in total. The van der Waals surface area contributed by atoms with Crippen LogP contribution in [0.3, 0.4) is 0 Å². The first kappa shape index (κ1) is 17.6. The first-order valence-electron chi connectivity index (χ1n) is 5.82. The van der Waals surface area contributed by atoms with Crippen molar-refractivity contribution >= 4 is 29.4 Å². The molecule has 1 aromatic rings. The van der Waals surface area contributed by atoms with Crippen LogP contribution in [0, 0.1) is 16.7 Å². The smallest absolute Gasteiger partial charge is 0.389 e. The van der Waals surface area contributed by atoms with E-state index in [-0.39, 0.29) is 11.4 Å². The summed E-state index contributed by atoms with van der Waals surface area (Å²) in [4.78, 5) is 0. The van der Waals surface area contributed by atoms with Crippen molar-refractivity contribution in [1.82, 2.24) is 0 Å². The number of hydrogen-bond donors (Lipinski definition) is 1. The molecule has 1 rings (SSSR count). The number of halogens is 5. The van der Waals surface area contributed by atoms with Gasteiger partial charge in [0.25, 0.3) is 0 Å². The van der Waals surface area contributed by atoms with Gasteiger partial charge in [0.2, 0.25) is 0 Å². The lowest BCUT2D eigenvalue weighted by atomic mass is 9.80. The molecule has 1 unspecified atom stereocenters. The Labute approximate surface area is 129 Å². The van der Waals surface area contributed by atoms with Gasteiger partial charge in [-0.25, -0.2) is 0 Å². The van der Waals surface area contributed by atoms with Crippen molar-refractivity contribution in [3.8, 4) is 6.07 Å². The van der Waals surface area contributed by atoms with E-state index >= 15 is 0 Å². The molecule has 1 aromatic carbocycles. The highest BCUT2D eigenvalue weighted by molar-refractivity contribution is 6.42. The van der Waals surface area contributed by atoms with E-state index in [4.69, 9.17) is 28.4 Å². The molecule has 0 aliphatic carbocycles. The maximum atomic E-state index is 12.4. The zero-order chi connectivity index (χ0) is 16.1. The second kappa shape index (κ2) is 7.01. The Kier molecular flexibility index (Phi) is 5.87. The molecule has 0 aromatic heterocycles. The highest BCUT2D eigenvalue weighted by Gasteiger charge is 2.36. The van der Waals surface area contributed by atoms with E-state index in [1.165, 1.54) is 12.1 Å². The lowest BCUT2D eigenvalue weighted by Gasteiger charge is -2.22. The van der Waals surface area contributed by atoms with Crippen molar-refractivity contribution in [3.05, 3.63) is 33.8 Å². The molecule has 1 atom stereocenters. The van der Waals surface area contributed by atoms with E-state index in [1.54, 1.807) is 12.1 Å². The molecule has 8 heteroatoms. The molecule has 0 spiro atoms. The average Bonchev–Trinajstić information content (AvgIpc) is 2.40. The van der Waals surface area contributed by atoms with Crippen LogP contribution < -0.4 is 0 Å². The van der Waals surface area contributed by atoms with Crippen molar-refractivity contribution in [2.45, 2.75) is 25.4 Å². The van der Waals surface area contributed by atoms with Crippen LogP contribution in [0.5, 0.6) is 0 Å². The first-order chi connectivity index (χ1) is 9.71. The summed E-state index contributed by atoms with van der Waals surface area (Å²) in [6.07, 6.45) is -5.32. The lowest BCUT2D eigenvalue weighted by Crippen LogP contribution is -2.26. The molecule has 0 saturated heterocycles. The minimum Gasteiger partial charge on any atom is -0.411 e. The Morgan fingerprint density at radius 2 is 1.90 bits per heavy atom. The van der Waals surface area contributed by atoms with Crippen molar-refractivity contribution < 1.29 is 18.4 Å². The molecule has 0 fully saturated rings. The average molecular weight is 339 g/mol. The minimum atomic E-state index is -4.40. The predicted octanol–water partition coefficient (Wildman–Crippen LogP) is 4.85. The molecule has 0 heterocycles. The van der Waals surface area contributed by atoms with E-state index in [9.17, 15) is 18.4 Å². The van der Waals surface area contributed by atoms with Crippen LogP contribution in [-0.4, -0.2) is 17.6 Å². The van der Waals surface area contributed by atoms with Gasteiger partial charge >= 0.3 is 6.18 Å². The first-order valence-corrected chi connectivity index (χ1v) is 6.57. The molecular weight excluding hydrogens is 328 g/mol. The summed E-state index contributed by atoms with van der Waals surface area (Å²) in [7, 11) is 0. The van der Waals surface area contributed by atoms with Crippen molar-refractivity contribution in [1.29, 1.82) is 5.26 Å². The van der Waals surface area contributed by atoms with Gasteiger partial charge in [-0.3, -0.25) is 0 Å². The number of nitrogens with zero attached hydrogens (tertiary/aromatic N) is 2. The molecule has 21 heavy (non-hydrogen) atoms. The lowest BCUT2D eigenvalue weighted by molar-refractivity contribution is -0.137. The summed E-state index contributed by atoms with van der Waals surface area (Å²) in [6, 6.07) is 6.30. The van der Waals surface area contributed by atoms with Gasteiger partial charge in [-0.15, -0.1) is 5.16 Å². The fourth-order valence-corrected chi connectivity index (χ4v) is 2.13. The monoisotopic (exact) mass is 338 g/mol. The maximum Gasteiger partial charge on any atom is 0.389 e. The minimum absolute atomic E-state index is 0.0689. The SMILES string of the molecule is N#CC(/C=N/O)(CCC(F)(F)F)Cc1ccc(Cl)c(Cl)c1. The second-order valence-electron chi connectivity index (χ2n) is 4.55. The van der Waals surface area contributed by atoms with Crippen molar-refractivity contribution in [3.63, 3.8) is 0 Å². The van der Waals surface area contributed by atoms with Crippen molar-refractivity contribution in [2.24, 2.45) is 10.6 Å². The Morgan fingerprint density at radius 3 is 2.38 bits per heavy atom. The standard InChI is InChI=1S/C13H11Cl2F3N2O/c14-10-2-1-9(5-11(10)15)6-12(7-19,8-20-21)3-4-13(16,17)18/h1-2,5,8,21H,3-4,6H2/b20-8+. The van der Waals surface area contributed by atoms with Gasteiger partial charge in [0.15, 0.2) is 0 Å². The van der Waals surface area contributed by atoms with Crippen LogP contribution in [0.25, 0.3) is 0 Å². The molecular formula is C13H11Cl2F3N2O. The molecule has 0 bridgehead atoms. The summed E-state index contributed by atoms with van der Waals surface area (Å²) in [5, 5.41) is 21.1. The summed E-state index contributed by atoms with van der Waals surface area (Å²) in [5.74, 6) is 0. The number of nitriles is 1. The Morgan fingerprint density at radius 1 is 1.24 bits per heavy atom. The highest BCUT2D eigenvalue weighted by Crippen LogP contribution is 2.33. The van der Waals surface area contributed by atoms with Gasteiger partial charge in [-0.1, -0.05) is 29.3 Å². The number of rotatable bonds is 5. The third-order valence-electron chi connectivity index (χ3n) is 2.89. The third kappa shape index (κ3) is 5.44. The van der Waals surface area contributed by atoms with Gasteiger partial charge < -0.3 is 5.21 Å². The van der Waals surface area contributed by atoms with Gasteiger partial charge in [0.1, 0.15) is 0 Å². The normalized spacial score (nSPS) is 14.9. The van der Waals surface area contributed by atoms with Gasteiger partial charge in [0.05, 0.1) is 27.7 Å². The van der Waals surface area contributed by atoms with Crippen LogP contribution >= 0.6 is 23.2 Å². The van der Waals surface area contributed by atoms with E-state index in [1.807, 2.05) is 0 Å². The largest absolute Gasteiger partial charge is 0.411 e. The van der Waals surface area contributed by atoms with Crippen LogP contribution in [0.4, 0.5) is 13.2 Å². The summed E-state index contributed by atoms with van der Waals surface area (Å²) < 4.78 is 37.1. The Bertz CT molecular complexity index is 570. The molecule has 0 amide bonds. The molecule has 0 aliphatic rings. The second-order valence-corrected chi connectivity index (χ2v) is 5.37.